The molecular weight excluding hydrogens is 426 g/mol. The van der Waals surface area contributed by atoms with Crippen LogP contribution in [-0.4, -0.2) is 16.8 Å². The van der Waals surface area contributed by atoms with Crippen molar-refractivity contribution in [1.29, 1.82) is 0 Å². The summed E-state index contributed by atoms with van der Waals surface area (Å²) in [4.78, 5) is 41.7. The second kappa shape index (κ2) is 8.09. The highest BCUT2D eigenvalue weighted by Crippen LogP contribution is 2.29. The van der Waals surface area contributed by atoms with Crippen LogP contribution in [0.1, 0.15) is 20.7 Å². The summed E-state index contributed by atoms with van der Waals surface area (Å²) in [6.45, 7) is 0. The molecule has 8 heteroatoms. The molecule has 0 aliphatic carbocycles. The van der Waals surface area contributed by atoms with E-state index in [1.54, 1.807) is 66.7 Å². The summed E-state index contributed by atoms with van der Waals surface area (Å²) in [5.74, 6) is -0.813. The first-order valence-corrected chi connectivity index (χ1v) is 10.5. The molecule has 0 aliphatic rings. The summed E-state index contributed by atoms with van der Waals surface area (Å²) in [5, 5.41) is 6.62. The lowest BCUT2D eigenvalue weighted by Gasteiger charge is -2.05. The zero-order chi connectivity index (χ0) is 22.1. The van der Waals surface area contributed by atoms with Crippen LogP contribution in [0.4, 0.5) is 10.8 Å². The molecule has 32 heavy (non-hydrogen) atoms. The molecule has 0 radical (unpaired) electrons. The Kier molecular flexibility index (Phi) is 4.97. The van der Waals surface area contributed by atoms with E-state index in [0.717, 1.165) is 4.70 Å². The van der Waals surface area contributed by atoms with Crippen LogP contribution < -0.4 is 16.3 Å². The monoisotopic (exact) mass is 441 g/mol. The van der Waals surface area contributed by atoms with Gasteiger partial charge in [0.25, 0.3) is 11.8 Å². The number of rotatable bonds is 4. The Morgan fingerprint density at radius 3 is 2.47 bits per heavy atom. The predicted octanol–water partition coefficient (Wildman–Crippen LogP) is 4.91. The van der Waals surface area contributed by atoms with Crippen LogP contribution >= 0.6 is 11.3 Å². The Balaban J connectivity index is 1.37. The lowest BCUT2D eigenvalue weighted by atomic mass is 10.1. The number of amides is 2. The number of anilines is 2. The van der Waals surface area contributed by atoms with E-state index in [1.807, 2.05) is 6.07 Å². The van der Waals surface area contributed by atoms with E-state index in [-0.39, 0.29) is 11.5 Å². The van der Waals surface area contributed by atoms with Crippen LogP contribution in [0.15, 0.2) is 88.1 Å². The molecular formula is C24H15N3O4S. The molecule has 2 heterocycles. The first-order chi connectivity index (χ1) is 15.6. The average Bonchev–Trinajstić information content (AvgIpc) is 3.20. The molecule has 7 nitrogen and oxygen atoms in total. The predicted molar refractivity (Wildman–Crippen MR) is 124 cm³/mol. The maximum Gasteiger partial charge on any atom is 0.349 e. The minimum Gasteiger partial charge on any atom is -0.422 e. The van der Waals surface area contributed by atoms with Gasteiger partial charge in [-0.3, -0.25) is 14.9 Å². The second-order valence-corrected chi connectivity index (χ2v) is 7.99. The molecule has 0 fully saturated rings. The molecule has 0 unspecified atom stereocenters. The molecule has 0 atom stereocenters. The van der Waals surface area contributed by atoms with Crippen LogP contribution in [0.2, 0.25) is 0 Å². The smallest absolute Gasteiger partial charge is 0.349 e. The number of nitrogens with zero attached hydrogens (tertiary/aromatic N) is 1. The molecule has 0 saturated carbocycles. The molecule has 0 spiro atoms. The van der Waals surface area contributed by atoms with Gasteiger partial charge in [0, 0.05) is 16.6 Å². The first-order valence-electron chi connectivity index (χ1n) is 9.68. The van der Waals surface area contributed by atoms with E-state index in [0.29, 0.717) is 32.9 Å². The van der Waals surface area contributed by atoms with Crippen molar-refractivity contribution < 1.29 is 14.0 Å². The van der Waals surface area contributed by atoms with Crippen molar-refractivity contribution in [3.05, 3.63) is 100 Å². The number of carbonyl (C=O) groups is 2. The molecule has 0 aliphatic heterocycles. The van der Waals surface area contributed by atoms with Crippen molar-refractivity contribution in [2.24, 2.45) is 0 Å². The number of nitrogens with one attached hydrogen (secondary N) is 2. The summed E-state index contributed by atoms with van der Waals surface area (Å²) in [7, 11) is 0. The standard InChI is InChI=1S/C24H15N3O4S/c28-21(14-6-2-1-3-7-14)27-24-26-18-11-10-16(13-20(18)32-24)25-22(29)17-12-15-8-4-5-9-19(15)31-23(17)30/h1-13H,(H,25,29)(H,26,27,28). The van der Waals surface area contributed by atoms with Crippen molar-refractivity contribution in [1.82, 2.24) is 4.98 Å². The highest BCUT2D eigenvalue weighted by molar-refractivity contribution is 7.22. The minimum atomic E-state index is -0.703. The van der Waals surface area contributed by atoms with Crippen LogP contribution in [0, 0.1) is 0 Å². The van der Waals surface area contributed by atoms with Gasteiger partial charge in [0.15, 0.2) is 5.13 Å². The summed E-state index contributed by atoms with van der Waals surface area (Å²) in [6, 6.07) is 22.5. The highest BCUT2D eigenvalue weighted by Gasteiger charge is 2.15. The van der Waals surface area contributed by atoms with Crippen molar-refractivity contribution in [2.75, 3.05) is 10.6 Å². The summed E-state index contributed by atoms with van der Waals surface area (Å²) < 4.78 is 6.01. The van der Waals surface area contributed by atoms with Gasteiger partial charge in [-0.2, -0.15) is 0 Å². The number of thiazole rings is 1. The largest absolute Gasteiger partial charge is 0.422 e. The Morgan fingerprint density at radius 2 is 1.62 bits per heavy atom. The normalized spacial score (nSPS) is 10.9. The fourth-order valence-electron chi connectivity index (χ4n) is 3.23. The molecule has 2 amide bonds. The highest BCUT2D eigenvalue weighted by atomic mass is 32.1. The third kappa shape index (κ3) is 3.86. The molecule has 156 valence electrons. The zero-order valence-electron chi connectivity index (χ0n) is 16.5. The van der Waals surface area contributed by atoms with Gasteiger partial charge in [-0.15, -0.1) is 0 Å². The zero-order valence-corrected chi connectivity index (χ0v) is 17.3. The Labute approximate surface area is 185 Å². The summed E-state index contributed by atoms with van der Waals surface area (Å²) in [5.41, 5.74) is 1.36. The van der Waals surface area contributed by atoms with Gasteiger partial charge in [0.05, 0.1) is 10.2 Å². The maximum atomic E-state index is 12.7. The first kappa shape index (κ1) is 19.7. The third-order valence-electron chi connectivity index (χ3n) is 4.79. The van der Waals surface area contributed by atoms with Crippen molar-refractivity contribution >= 4 is 55.2 Å². The third-order valence-corrected chi connectivity index (χ3v) is 5.72. The van der Waals surface area contributed by atoms with Gasteiger partial charge in [-0.1, -0.05) is 47.7 Å². The van der Waals surface area contributed by atoms with Gasteiger partial charge < -0.3 is 9.73 Å². The van der Waals surface area contributed by atoms with E-state index >= 15 is 0 Å². The second-order valence-electron chi connectivity index (χ2n) is 6.96. The van der Waals surface area contributed by atoms with Gasteiger partial charge in [-0.25, -0.2) is 9.78 Å². The Morgan fingerprint density at radius 1 is 0.844 bits per heavy atom. The van der Waals surface area contributed by atoms with Gasteiger partial charge in [0.1, 0.15) is 11.1 Å². The van der Waals surface area contributed by atoms with Crippen LogP contribution in [-0.2, 0) is 0 Å². The molecule has 0 bridgehead atoms. The van der Waals surface area contributed by atoms with Crippen molar-refractivity contribution in [3.63, 3.8) is 0 Å². The number of hydrogen-bond donors (Lipinski definition) is 2. The number of fused-ring (bicyclic) bond motifs is 2. The number of hydrogen-bond acceptors (Lipinski definition) is 6. The summed E-state index contributed by atoms with van der Waals surface area (Å²) in [6.07, 6.45) is 0. The number of para-hydroxylation sites is 1. The summed E-state index contributed by atoms with van der Waals surface area (Å²) >= 11 is 1.29. The lowest BCUT2D eigenvalue weighted by Crippen LogP contribution is -2.20. The Bertz CT molecular complexity index is 1540. The van der Waals surface area contributed by atoms with E-state index in [2.05, 4.69) is 15.6 Å². The topological polar surface area (TPSA) is 101 Å². The van der Waals surface area contributed by atoms with Crippen molar-refractivity contribution in [2.45, 2.75) is 0 Å². The van der Waals surface area contributed by atoms with Crippen molar-refractivity contribution in [3.8, 4) is 0 Å². The quantitative estimate of drug-likeness (QED) is 0.386. The van der Waals surface area contributed by atoms with Gasteiger partial charge in [-0.05, 0) is 42.5 Å². The fourth-order valence-corrected chi connectivity index (χ4v) is 4.13. The molecule has 0 saturated heterocycles. The maximum absolute atomic E-state index is 12.7. The van der Waals surface area contributed by atoms with Crippen LogP contribution in [0.25, 0.3) is 21.2 Å². The van der Waals surface area contributed by atoms with Crippen LogP contribution in [0.3, 0.4) is 0 Å². The fraction of sp³-hybridized carbons (Fsp3) is 0. The molecule has 3 aromatic carbocycles. The van der Waals surface area contributed by atoms with E-state index in [4.69, 9.17) is 4.42 Å². The van der Waals surface area contributed by atoms with E-state index in [1.165, 1.54) is 17.4 Å². The minimum absolute atomic E-state index is 0.0797. The average molecular weight is 441 g/mol. The van der Waals surface area contributed by atoms with E-state index in [9.17, 15) is 14.4 Å². The van der Waals surface area contributed by atoms with E-state index < -0.39 is 11.5 Å². The Hall–Kier alpha value is -4.30. The van der Waals surface area contributed by atoms with Gasteiger partial charge in [0.2, 0.25) is 0 Å². The SMILES string of the molecule is O=C(Nc1nc2ccc(NC(=O)c3cc4ccccc4oc3=O)cc2s1)c1ccccc1. The molecule has 5 rings (SSSR count). The number of benzene rings is 3. The van der Waals surface area contributed by atoms with Crippen LogP contribution in [0.5, 0.6) is 0 Å². The number of aromatic nitrogens is 1. The van der Waals surface area contributed by atoms with Gasteiger partial charge >= 0.3 is 5.63 Å². The molecule has 2 aromatic heterocycles. The lowest BCUT2D eigenvalue weighted by molar-refractivity contribution is 0.101. The molecule has 2 N–H and O–H groups in total. The molecule has 5 aromatic rings. The number of carbonyl (C=O) groups excluding carboxylic acids is 2.